The summed E-state index contributed by atoms with van der Waals surface area (Å²) < 4.78 is 0. The molecule has 7 heteroatoms. The van der Waals surface area contributed by atoms with Gasteiger partial charge in [-0.15, -0.1) is 0 Å². The Morgan fingerprint density at radius 3 is 2.44 bits per heavy atom. The number of nitrogens with one attached hydrogen (secondary N) is 1. The van der Waals surface area contributed by atoms with Crippen LogP contribution < -0.4 is 15.1 Å². The lowest BCUT2D eigenvalue weighted by atomic mass is 10.2. The first kappa shape index (κ1) is 17.1. The van der Waals surface area contributed by atoms with Gasteiger partial charge in [0.15, 0.2) is 0 Å². The van der Waals surface area contributed by atoms with Gasteiger partial charge in [-0.05, 0) is 24.6 Å². The van der Waals surface area contributed by atoms with Crippen molar-refractivity contribution in [3.8, 4) is 0 Å². The Kier molecular flexibility index (Phi) is 5.77. The van der Waals surface area contributed by atoms with Gasteiger partial charge in [-0.1, -0.05) is 13.3 Å². The molecule has 2 aromatic rings. The SMILES string of the molecule is CCCCC(=O)Nc1ccc(N2CCN(c3ncccn3)CC2)cn1. The van der Waals surface area contributed by atoms with Crippen LogP contribution in [0, 0.1) is 0 Å². The van der Waals surface area contributed by atoms with E-state index in [9.17, 15) is 4.79 Å². The molecular weight excluding hydrogens is 316 g/mol. The van der Waals surface area contributed by atoms with Crippen molar-refractivity contribution in [1.29, 1.82) is 0 Å². The minimum absolute atomic E-state index is 0.0265. The average Bonchev–Trinajstić information content (AvgIpc) is 2.68. The van der Waals surface area contributed by atoms with Gasteiger partial charge in [0.25, 0.3) is 0 Å². The molecule has 7 nitrogen and oxygen atoms in total. The highest BCUT2D eigenvalue weighted by molar-refractivity contribution is 5.89. The second-order valence-electron chi connectivity index (χ2n) is 6.08. The summed E-state index contributed by atoms with van der Waals surface area (Å²) in [6.45, 7) is 5.60. The van der Waals surface area contributed by atoms with Crippen molar-refractivity contribution in [2.75, 3.05) is 41.3 Å². The van der Waals surface area contributed by atoms with Gasteiger partial charge in [0.1, 0.15) is 5.82 Å². The second-order valence-corrected chi connectivity index (χ2v) is 6.08. The number of aromatic nitrogens is 3. The number of rotatable bonds is 6. The maximum Gasteiger partial charge on any atom is 0.225 e. The molecule has 1 fully saturated rings. The number of anilines is 3. The fourth-order valence-electron chi connectivity index (χ4n) is 2.81. The van der Waals surface area contributed by atoms with Crippen molar-refractivity contribution in [3.05, 3.63) is 36.8 Å². The number of unbranched alkanes of at least 4 members (excludes halogenated alkanes) is 1. The van der Waals surface area contributed by atoms with E-state index < -0.39 is 0 Å². The molecule has 3 heterocycles. The minimum Gasteiger partial charge on any atom is -0.367 e. The van der Waals surface area contributed by atoms with Crippen LogP contribution in [0.25, 0.3) is 0 Å². The summed E-state index contributed by atoms with van der Waals surface area (Å²) in [6, 6.07) is 5.71. The number of carbonyl (C=O) groups excluding carboxylic acids is 1. The summed E-state index contributed by atoms with van der Waals surface area (Å²) in [5.74, 6) is 1.42. The van der Waals surface area contributed by atoms with Crippen LogP contribution >= 0.6 is 0 Å². The Morgan fingerprint density at radius 2 is 1.80 bits per heavy atom. The van der Waals surface area contributed by atoms with Gasteiger partial charge in [0, 0.05) is 45.0 Å². The summed E-state index contributed by atoms with van der Waals surface area (Å²) in [5.41, 5.74) is 1.07. The summed E-state index contributed by atoms with van der Waals surface area (Å²) in [4.78, 5) is 29.2. The van der Waals surface area contributed by atoms with Crippen LogP contribution in [-0.2, 0) is 4.79 Å². The lowest BCUT2D eigenvalue weighted by molar-refractivity contribution is -0.116. The summed E-state index contributed by atoms with van der Waals surface area (Å²) in [7, 11) is 0. The van der Waals surface area contributed by atoms with Gasteiger partial charge in [-0.25, -0.2) is 15.0 Å². The number of hydrogen-bond acceptors (Lipinski definition) is 6. The maximum absolute atomic E-state index is 11.7. The summed E-state index contributed by atoms with van der Waals surface area (Å²) in [5, 5.41) is 2.84. The largest absolute Gasteiger partial charge is 0.367 e. The molecule has 0 saturated carbocycles. The van der Waals surface area contributed by atoms with Crippen LogP contribution in [0.4, 0.5) is 17.5 Å². The number of carbonyl (C=O) groups is 1. The molecule has 132 valence electrons. The van der Waals surface area contributed by atoms with E-state index in [0.29, 0.717) is 12.2 Å². The Labute approximate surface area is 148 Å². The molecule has 1 N–H and O–H groups in total. The van der Waals surface area contributed by atoms with Gasteiger partial charge < -0.3 is 15.1 Å². The number of hydrogen-bond donors (Lipinski definition) is 1. The van der Waals surface area contributed by atoms with E-state index in [4.69, 9.17) is 0 Å². The summed E-state index contributed by atoms with van der Waals surface area (Å²) >= 11 is 0. The van der Waals surface area contributed by atoms with E-state index in [1.807, 2.05) is 24.4 Å². The van der Waals surface area contributed by atoms with Crippen LogP contribution in [-0.4, -0.2) is 47.0 Å². The first-order valence-electron chi connectivity index (χ1n) is 8.79. The van der Waals surface area contributed by atoms with Crippen molar-refractivity contribution in [2.24, 2.45) is 0 Å². The Bertz CT molecular complexity index is 668. The van der Waals surface area contributed by atoms with E-state index in [0.717, 1.165) is 50.7 Å². The molecule has 0 atom stereocenters. The first-order valence-corrected chi connectivity index (χ1v) is 8.79. The topological polar surface area (TPSA) is 74.2 Å². The lowest BCUT2D eigenvalue weighted by Crippen LogP contribution is -2.47. The van der Waals surface area contributed by atoms with Crippen molar-refractivity contribution >= 4 is 23.4 Å². The van der Waals surface area contributed by atoms with E-state index >= 15 is 0 Å². The van der Waals surface area contributed by atoms with E-state index in [2.05, 4.69) is 37.0 Å². The van der Waals surface area contributed by atoms with Gasteiger partial charge >= 0.3 is 0 Å². The molecule has 1 aliphatic rings. The molecule has 0 radical (unpaired) electrons. The predicted octanol–water partition coefficient (Wildman–Crippen LogP) is 2.33. The monoisotopic (exact) mass is 340 g/mol. The Hall–Kier alpha value is -2.70. The molecule has 1 saturated heterocycles. The van der Waals surface area contributed by atoms with E-state index in [1.165, 1.54) is 0 Å². The van der Waals surface area contributed by atoms with Crippen molar-refractivity contribution in [2.45, 2.75) is 26.2 Å². The van der Waals surface area contributed by atoms with Gasteiger partial charge in [0.05, 0.1) is 11.9 Å². The third kappa shape index (κ3) is 4.65. The zero-order chi connectivity index (χ0) is 17.5. The average molecular weight is 340 g/mol. The van der Waals surface area contributed by atoms with Crippen molar-refractivity contribution in [1.82, 2.24) is 15.0 Å². The third-order valence-electron chi connectivity index (χ3n) is 4.25. The molecule has 0 aromatic carbocycles. The fourth-order valence-corrected chi connectivity index (χ4v) is 2.81. The van der Waals surface area contributed by atoms with Crippen LogP contribution in [0.2, 0.25) is 0 Å². The molecule has 0 bridgehead atoms. The summed E-state index contributed by atoms with van der Waals surface area (Å²) in [6.07, 6.45) is 7.82. The fraction of sp³-hybridized carbons (Fsp3) is 0.444. The van der Waals surface area contributed by atoms with Crippen molar-refractivity contribution < 1.29 is 4.79 Å². The first-order chi connectivity index (χ1) is 12.3. The number of piperazine rings is 1. The second kappa shape index (κ2) is 8.41. The van der Waals surface area contributed by atoms with E-state index in [1.54, 1.807) is 12.4 Å². The number of nitrogens with zero attached hydrogens (tertiary/aromatic N) is 5. The Morgan fingerprint density at radius 1 is 1.08 bits per heavy atom. The normalized spacial score (nSPS) is 14.4. The molecule has 0 aliphatic carbocycles. The molecular formula is C18H24N6O. The molecule has 0 unspecified atom stereocenters. The van der Waals surface area contributed by atoms with Crippen LogP contribution in [0.3, 0.4) is 0 Å². The highest BCUT2D eigenvalue weighted by Gasteiger charge is 2.19. The van der Waals surface area contributed by atoms with Crippen LogP contribution in [0.5, 0.6) is 0 Å². The maximum atomic E-state index is 11.7. The smallest absolute Gasteiger partial charge is 0.225 e. The molecule has 2 aromatic heterocycles. The minimum atomic E-state index is 0.0265. The van der Waals surface area contributed by atoms with Crippen LogP contribution in [0.1, 0.15) is 26.2 Å². The van der Waals surface area contributed by atoms with Gasteiger partial charge in [0.2, 0.25) is 11.9 Å². The number of amides is 1. The highest BCUT2D eigenvalue weighted by Crippen LogP contribution is 2.19. The van der Waals surface area contributed by atoms with Crippen molar-refractivity contribution in [3.63, 3.8) is 0 Å². The van der Waals surface area contributed by atoms with E-state index in [-0.39, 0.29) is 5.91 Å². The quantitative estimate of drug-likeness (QED) is 0.870. The van der Waals surface area contributed by atoms with Crippen LogP contribution in [0.15, 0.2) is 36.8 Å². The molecule has 0 spiro atoms. The Balaban J connectivity index is 1.52. The predicted molar refractivity (Wildman–Crippen MR) is 98.8 cm³/mol. The standard InChI is InChI=1S/C18H24N6O/c1-2-3-5-17(25)22-16-7-6-15(14-21-16)23-10-12-24(13-11-23)18-19-8-4-9-20-18/h4,6-9,14H,2-3,5,10-13H2,1H3,(H,21,22,25). The lowest BCUT2D eigenvalue weighted by Gasteiger charge is -2.35. The highest BCUT2D eigenvalue weighted by atomic mass is 16.1. The number of pyridine rings is 1. The van der Waals surface area contributed by atoms with Gasteiger partial charge in [-0.3, -0.25) is 4.79 Å². The molecule has 1 aliphatic heterocycles. The molecule has 3 rings (SSSR count). The third-order valence-corrected chi connectivity index (χ3v) is 4.25. The molecule has 1 amide bonds. The zero-order valence-corrected chi connectivity index (χ0v) is 14.6. The van der Waals surface area contributed by atoms with Gasteiger partial charge in [-0.2, -0.15) is 0 Å². The zero-order valence-electron chi connectivity index (χ0n) is 14.6. The molecule has 25 heavy (non-hydrogen) atoms.